The lowest BCUT2D eigenvalue weighted by molar-refractivity contribution is 0.0701. The number of aromatic amines is 1. The van der Waals surface area contributed by atoms with Crippen LogP contribution in [0.3, 0.4) is 0 Å². The van der Waals surface area contributed by atoms with Crippen molar-refractivity contribution in [3.05, 3.63) is 41.0 Å². The van der Waals surface area contributed by atoms with Crippen molar-refractivity contribution >= 4 is 17.5 Å². The molecule has 144 valence electrons. The summed E-state index contributed by atoms with van der Waals surface area (Å²) in [7, 11) is 0. The summed E-state index contributed by atoms with van der Waals surface area (Å²) in [5.41, 5.74) is 2.03. The lowest BCUT2D eigenvalue weighted by Gasteiger charge is -2.23. The molecule has 0 spiro atoms. The number of benzene rings is 1. The summed E-state index contributed by atoms with van der Waals surface area (Å²) >= 11 is 6.24. The Labute approximate surface area is 164 Å². The first-order valence-electron chi connectivity index (χ1n) is 9.64. The molecular formula is C20H25ClN4O2. The Morgan fingerprint density at radius 1 is 1.22 bits per heavy atom. The highest BCUT2D eigenvalue weighted by Crippen LogP contribution is 2.26. The lowest BCUT2D eigenvalue weighted by atomic mass is 10.1. The van der Waals surface area contributed by atoms with E-state index in [2.05, 4.69) is 15.1 Å². The van der Waals surface area contributed by atoms with Gasteiger partial charge in [-0.15, -0.1) is 0 Å². The highest BCUT2D eigenvalue weighted by Gasteiger charge is 2.25. The number of nitrogens with zero attached hydrogens (tertiary/aromatic N) is 3. The molecule has 7 heteroatoms. The van der Waals surface area contributed by atoms with E-state index in [9.17, 15) is 4.79 Å². The molecule has 0 aliphatic carbocycles. The third-order valence-electron chi connectivity index (χ3n) is 5.32. The molecule has 2 aliphatic rings. The number of carbonyl (C=O) groups is 1. The molecule has 4 rings (SSSR count). The Hall–Kier alpha value is -1.89. The van der Waals surface area contributed by atoms with Gasteiger partial charge in [-0.25, -0.2) is 0 Å². The number of H-pyrrole nitrogens is 1. The van der Waals surface area contributed by atoms with Gasteiger partial charge in [0.25, 0.3) is 5.91 Å². The summed E-state index contributed by atoms with van der Waals surface area (Å²) in [5, 5.41) is 7.80. The van der Waals surface area contributed by atoms with Gasteiger partial charge in [0.2, 0.25) is 0 Å². The zero-order valence-corrected chi connectivity index (χ0v) is 16.1. The van der Waals surface area contributed by atoms with Crippen LogP contribution in [0.2, 0.25) is 5.02 Å². The van der Waals surface area contributed by atoms with Gasteiger partial charge < -0.3 is 9.64 Å². The van der Waals surface area contributed by atoms with Crippen molar-refractivity contribution in [2.24, 2.45) is 0 Å². The van der Waals surface area contributed by atoms with E-state index in [4.69, 9.17) is 16.3 Å². The van der Waals surface area contributed by atoms with Crippen LogP contribution in [0.4, 0.5) is 0 Å². The minimum Gasteiger partial charge on any atom is -0.377 e. The van der Waals surface area contributed by atoms with E-state index in [0.29, 0.717) is 22.5 Å². The van der Waals surface area contributed by atoms with Crippen molar-refractivity contribution in [2.75, 3.05) is 39.3 Å². The molecule has 2 saturated heterocycles. The van der Waals surface area contributed by atoms with Crippen molar-refractivity contribution in [1.29, 1.82) is 0 Å². The van der Waals surface area contributed by atoms with Crippen molar-refractivity contribution in [3.63, 3.8) is 0 Å². The Kier molecular flexibility index (Phi) is 5.76. The minimum absolute atomic E-state index is 0.000213. The smallest absolute Gasteiger partial charge is 0.271 e. The molecule has 1 atom stereocenters. The van der Waals surface area contributed by atoms with Crippen LogP contribution in [0.5, 0.6) is 0 Å². The molecule has 0 saturated carbocycles. The second-order valence-corrected chi connectivity index (χ2v) is 7.64. The zero-order chi connectivity index (χ0) is 18.6. The van der Waals surface area contributed by atoms with Crippen molar-refractivity contribution in [1.82, 2.24) is 20.0 Å². The second kappa shape index (κ2) is 8.42. The van der Waals surface area contributed by atoms with Crippen LogP contribution in [0.15, 0.2) is 30.3 Å². The zero-order valence-electron chi connectivity index (χ0n) is 15.4. The fourth-order valence-corrected chi connectivity index (χ4v) is 4.07. The summed E-state index contributed by atoms with van der Waals surface area (Å²) in [6.45, 7) is 5.25. The molecule has 6 nitrogen and oxygen atoms in total. The Morgan fingerprint density at radius 2 is 2.11 bits per heavy atom. The van der Waals surface area contributed by atoms with Gasteiger partial charge in [-0.05, 0) is 37.9 Å². The van der Waals surface area contributed by atoms with Crippen LogP contribution >= 0.6 is 11.6 Å². The predicted molar refractivity (Wildman–Crippen MR) is 105 cm³/mol. The van der Waals surface area contributed by atoms with Crippen LogP contribution in [-0.2, 0) is 4.74 Å². The van der Waals surface area contributed by atoms with Gasteiger partial charge in [0.05, 0.1) is 16.8 Å². The summed E-state index contributed by atoms with van der Waals surface area (Å²) in [5.74, 6) is -0.000213. The first kappa shape index (κ1) is 18.5. The first-order valence-corrected chi connectivity index (χ1v) is 10.0. The van der Waals surface area contributed by atoms with Crippen LogP contribution in [0.25, 0.3) is 11.3 Å². The Balaban J connectivity index is 1.39. The van der Waals surface area contributed by atoms with E-state index in [1.54, 1.807) is 6.07 Å². The molecule has 0 bridgehead atoms. The van der Waals surface area contributed by atoms with E-state index < -0.39 is 0 Å². The maximum Gasteiger partial charge on any atom is 0.271 e. The fourth-order valence-electron chi connectivity index (χ4n) is 3.84. The SMILES string of the molecule is O=C(c1cc(-c2ccccc2Cl)n[nH]1)N1CCCN(CC2CCCO2)CC1. The maximum atomic E-state index is 12.9. The third kappa shape index (κ3) is 4.34. The van der Waals surface area contributed by atoms with Crippen molar-refractivity contribution in [2.45, 2.75) is 25.4 Å². The average molecular weight is 389 g/mol. The molecule has 2 aliphatic heterocycles. The first-order chi connectivity index (χ1) is 13.2. The molecule has 2 aromatic rings. The molecule has 3 heterocycles. The molecule has 1 unspecified atom stereocenters. The van der Waals surface area contributed by atoms with Crippen LogP contribution in [-0.4, -0.2) is 71.3 Å². The number of carbonyl (C=O) groups excluding carboxylic acids is 1. The quantitative estimate of drug-likeness (QED) is 0.874. The highest BCUT2D eigenvalue weighted by atomic mass is 35.5. The molecule has 1 N–H and O–H groups in total. The van der Waals surface area contributed by atoms with Crippen molar-refractivity contribution < 1.29 is 9.53 Å². The van der Waals surface area contributed by atoms with Crippen molar-refractivity contribution in [3.8, 4) is 11.3 Å². The number of halogens is 1. The van der Waals surface area contributed by atoms with E-state index in [-0.39, 0.29) is 5.91 Å². The van der Waals surface area contributed by atoms with Gasteiger partial charge in [0.15, 0.2) is 0 Å². The Morgan fingerprint density at radius 3 is 2.93 bits per heavy atom. The number of hydrogen-bond acceptors (Lipinski definition) is 4. The van der Waals surface area contributed by atoms with Crippen LogP contribution in [0, 0.1) is 0 Å². The maximum absolute atomic E-state index is 12.9. The van der Waals surface area contributed by atoms with Gasteiger partial charge in [-0.1, -0.05) is 29.8 Å². The number of ether oxygens (including phenoxy) is 1. The number of amides is 1. The normalized spacial score (nSPS) is 21.4. The highest BCUT2D eigenvalue weighted by molar-refractivity contribution is 6.33. The molecule has 1 amide bonds. The second-order valence-electron chi connectivity index (χ2n) is 7.23. The van der Waals surface area contributed by atoms with E-state index >= 15 is 0 Å². The number of hydrogen-bond donors (Lipinski definition) is 1. The van der Waals surface area contributed by atoms with Gasteiger partial charge >= 0.3 is 0 Å². The summed E-state index contributed by atoms with van der Waals surface area (Å²) < 4.78 is 5.75. The summed E-state index contributed by atoms with van der Waals surface area (Å²) in [4.78, 5) is 17.2. The molecule has 1 aromatic heterocycles. The molecular weight excluding hydrogens is 364 g/mol. The number of nitrogens with one attached hydrogen (secondary N) is 1. The number of aromatic nitrogens is 2. The predicted octanol–water partition coefficient (Wildman–Crippen LogP) is 3.06. The fraction of sp³-hybridized carbons (Fsp3) is 0.500. The minimum atomic E-state index is -0.000213. The average Bonchev–Trinajstić information content (AvgIpc) is 3.31. The standard InChI is InChI=1S/C20H25ClN4O2/c21-17-7-2-1-6-16(17)18-13-19(23-22-18)20(26)25-9-4-8-24(10-11-25)14-15-5-3-12-27-15/h1-2,6-7,13,15H,3-5,8-12,14H2,(H,22,23). The van der Waals surface area contributed by atoms with Gasteiger partial charge in [-0.2, -0.15) is 5.10 Å². The van der Waals surface area contributed by atoms with E-state index in [1.807, 2.05) is 29.2 Å². The monoisotopic (exact) mass is 388 g/mol. The largest absolute Gasteiger partial charge is 0.377 e. The van der Waals surface area contributed by atoms with E-state index in [0.717, 1.165) is 64.2 Å². The number of rotatable bonds is 4. The third-order valence-corrected chi connectivity index (χ3v) is 5.65. The van der Waals surface area contributed by atoms with E-state index in [1.165, 1.54) is 0 Å². The summed E-state index contributed by atoms with van der Waals surface area (Å²) in [6, 6.07) is 9.31. The van der Waals surface area contributed by atoms with Gasteiger partial charge in [0.1, 0.15) is 5.69 Å². The lowest BCUT2D eigenvalue weighted by Crippen LogP contribution is -2.37. The molecule has 1 aromatic carbocycles. The van der Waals surface area contributed by atoms with Gasteiger partial charge in [0, 0.05) is 38.3 Å². The summed E-state index contributed by atoms with van der Waals surface area (Å²) in [6.07, 6.45) is 3.65. The van der Waals surface area contributed by atoms with Gasteiger partial charge in [-0.3, -0.25) is 14.8 Å². The van der Waals surface area contributed by atoms with Crippen LogP contribution < -0.4 is 0 Å². The molecule has 0 radical (unpaired) electrons. The molecule has 27 heavy (non-hydrogen) atoms. The topological polar surface area (TPSA) is 61.5 Å². The van der Waals surface area contributed by atoms with Crippen LogP contribution in [0.1, 0.15) is 29.8 Å². The molecule has 2 fully saturated rings. The Bertz CT molecular complexity index is 788.